The molecule has 1 atom stereocenters. The van der Waals surface area contributed by atoms with Crippen LogP contribution in [0.3, 0.4) is 0 Å². The zero-order valence-electron chi connectivity index (χ0n) is 17.7. The molecule has 3 N–H and O–H groups in total. The van der Waals surface area contributed by atoms with E-state index in [0.717, 1.165) is 28.3 Å². The smallest absolute Gasteiger partial charge is 0.407 e. The fraction of sp³-hybridized carbons (Fsp3) is 0.160. The van der Waals surface area contributed by atoms with E-state index in [4.69, 9.17) is 9.84 Å². The van der Waals surface area contributed by atoms with Crippen molar-refractivity contribution in [3.63, 3.8) is 0 Å². The van der Waals surface area contributed by atoms with Gasteiger partial charge in [-0.1, -0.05) is 54.6 Å². The first kappa shape index (κ1) is 22.0. The number of fused-ring (bicyclic) bond motifs is 3. The Morgan fingerprint density at radius 3 is 2.18 bits per heavy atom. The largest absolute Gasteiger partial charge is 0.478 e. The third kappa shape index (κ3) is 4.41. The maximum absolute atomic E-state index is 14.2. The number of anilines is 1. The van der Waals surface area contributed by atoms with E-state index in [2.05, 4.69) is 10.6 Å². The number of carboxylic acid groups (broad SMARTS) is 1. The van der Waals surface area contributed by atoms with Crippen LogP contribution in [0.1, 0.15) is 34.3 Å². The van der Waals surface area contributed by atoms with Gasteiger partial charge in [-0.3, -0.25) is 4.79 Å². The second kappa shape index (κ2) is 9.12. The van der Waals surface area contributed by atoms with Crippen LogP contribution in [0.25, 0.3) is 11.1 Å². The predicted molar refractivity (Wildman–Crippen MR) is 120 cm³/mol. The summed E-state index contributed by atoms with van der Waals surface area (Å²) in [6.45, 7) is 1.50. The molecule has 0 saturated carbocycles. The molecule has 8 heteroatoms. The van der Waals surface area contributed by atoms with Gasteiger partial charge in [-0.15, -0.1) is 0 Å². The number of carbonyl (C=O) groups excluding carboxylic acids is 2. The Bertz CT molecular complexity index is 1200. The number of carboxylic acids is 1. The summed E-state index contributed by atoms with van der Waals surface area (Å²) in [5, 5.41) is 13.7. The van der Waals surface area contributed by atoms with Gasteiger partial charge >= 0.3 is 12.1 Å². The average molecular weight is 448 g/mol. The first-order valence-electron chi connectivity index (χ1n) is 10.3. The second-order valence-corrected chi connectivity index (χ2v) is 7.65. The number of benzene rings is 3. The monoisotopic (exact) mass is 448 g/mol. The highest BCUT2D eigenvalue weighted by molar-refractivity contribution is 5.98. The molecule has 0 saturated heterocycles. The molecule has 0 spiro atoms. The Labute approximate surface area is 189 Å². The molecule has 7 nitrogen and oxygen atoms in total. The van der Waals surface area contributed by atoms with E-state index in [0.29, 0.717) is 0 Å². The summed E-state index contributed by atoms with van der Waals surface area (Å²) < 4.78 is 19.6. The molecule has 0 aromatic heterocycles. The van der Waals surface area contributed by atoms with E-state index < -0.39 is 35.4 Å². The highest BCUT2D eigenvalue weighted by Gasteiger charge is 2.29. The van der Waals surface area contributed by atoms with Crippen LogP contribution in [0.5, 0.6) is 0 Å². The van der Waals surface area contributed by atoms with Gasteiger partial charge in [0, 0.05) is 5.92 Å². The van der Waals surface area contributed by atoms with Gasteiger partial charge in [0.1, 0.15) is 12.6 Å². The van der Waals surface area contributed by atoms with Crippen LogP contribution in [0.15, 0.2) is 66.7 Å². The van der Waals surface area contributed by atoms with Crippen LogP contribution in [0, 0.1) is 5.82 Å². The predicted octanol–water partition coefficient (Wildman–Crippen LogP) is 4.39. The molecule has 0 radical (unpaired) electrons. The van der Waals surface area contributed by atoms with Gasteiger partial charge in [-0.25, -0.2) is 14.0 Å². The summed E-state index contributed by atoms with van der Waals surface area (Å²) in [7, 11) is 0. The van der Waals surface area contributed by atoms with Gasteiger partial charge in [0.2, 0.25) is 5.91 Å². The van der Waals surface area contributed by atoms with E-state index in [1.165, 1.54) is 19.1 Å². The number of halogens is 1. The molecule has 3 aromatic carbocycles. The molecular formula is C25H21FN2O5. The first-order chi connectivity index (χ1) is 15.9. The third-order valence-electron chi connectivity index (χ3n) is 5.56. The summed E-state index contributed by atoms with van der Waals surface area (Å²) in [4.78, 5) is 35.8. The van der Waals surface area contributed by atoms with Crippen molar-refractivity contribution in [3.8, 4) is 11.1 Å². The van der Waals surface area contributed by atoms with Crippen molar-refractivity contribution in [2.24, 2.45) is 0 Å². The number of carbonyl (C=O) groups is 3. The SMILES string of the molecule is C[C@H](NC(=O)OCC1c2ccccc2-c2ccccc21)C(=O)Nc1cccc(C(=O)O)c1F. The number of hydrogen-bond donors (Lipinski definition) is 3. The summed E-state index contributed by atoms with van der Waals surface area (Å²) in [6.07, 6.45) is -0.792. The van der Waals surface area contributed by atoms with Crippen LogP contribution >= 0.6 is 0 Å². The van der Waals surface area contributed by atoms with E-state index in [1.807, 2.05) is 48.5 Å². The van der Waals surface area contributed by atoms with Crippen LogP contribution in [-0.2, 0) is 9.53 Å². The minimum Gasteiger partial charge on any atom is -0.478 e. The van der Waals surface area contributed by atoms with Crippen LogP contribution in [0.2, 0.25) is 0 Å². The molecular weight excluding hydrogens is 427 g/mol. The topological polar surface area (TPSA) is 105 Å². The molecule has 168 valence electrons. The van der Waals surface area contributed by atoms with Crippen LogP contribution in [0.4, 0.5) is 14.9 Å². The molecule has 0 heterocycles. The average Bonchev–Trinajstić information content (AvgIpc) is 3.12. The third-order valence-corrected chi connectivity index (χ3v) is 5.56. The number of amides is 2. The molecule has 0 bridgehead atoms. The van der Waals surface area contributed by atoms with E-state index in [9.17, 15) is 18.8 Å². The molecule has 3 aromatic rings. The summed E-state index contributed by atoms with van der Waals surface area (Å²) in [5.41, 5.74) is 3.46. The standard InChI is InChI=1S/C25H21FN2O5/c1-14(23(29)28-21-12-6-11-19(22(21)26)24(30)31)27-25(32)33-13-20-17-9-4-2-7-15(17)16-8-3-5-10-18(16)20/h2-12,14,20H,13H2,1H3,(H,27,32)(H,28,29)(H,30,31)/t14-/m0/s1. The van der Waals surface area contributed by atoms with Crippen LogP contribution in [-0.4, -0.2) is 35.7 Å². The lowest BCUT2D eigenvalue weighted by atomic mass is 9.98. The number of rotatable bonds is 6. The van der Waals surface area contributed by atoms with Crippen molar-refractivity contribution in [1.29, 1.82) is 0 Å². The zero-order valence-corrected chi connectivity index (χ0v) is 17.7. The van der Waals surface area contributed by atoms with Gasteiger partial charge in [0.05, 0.1) is 11.3 Å². The molecule has 33 heavy (non-hydrogen) atoms. The van der Waals surface area contributed by atoms with Gasteiger partial charge < -0.3 is 20.5 Å². The van der Waals surface area contributed by atoms with Crippen molar-refractivity contribution >= 4 is 23.7 Å². The molecule has 1 aliphatic carbocycles. The first-order valence-corrected chi connectivity index (χ1v) is 10.3. The number of alkyl carbamates (subject to hydrolysis) is 1. The highest BCUT2D eigenvalue weighted by Crippen LogP contribution is 2.44. The van der Waals surface area contributed by atoms with Crippen molar-refractivity contribution < 1.29 is 28.6 Å². The van der Waals surface area contributed by atoms with E-state index in [-0.39, 0.29) is 18.2 Å². The van der Waals surface area contributed by atoms with Crippen LogP contribution < -0.4 is 10.6 Å². The lowest BCUT2D eigenvalue weighted by molar-refractivity contribution is -0.117. The van der Waals surface area contributed by atoms with Crippen molar-refractivity contribution in [2.45, 2.75) is 18.9 Å². The lowest BCUT2D eigenvalue weighted by Crippen LogP contribution is -2.42. The van der Waals surface area contributed by atoms with Gasteiger partial charge in [-0.05, 0) is 41.3 Å². The Morgan fingerprint density at radius 1 is 0.970 bits per heavy atom. The summed E-state index contributed by atoms with van der Waals surface area (Å²) in [6, 6.07) is 18.4. The van der Waals surface area contributed by atoms with E-state index in [1.54, 1.807) is 0 Å². The zero-order chi connectivity index (χ0) is 23.5. The molecule has 0 aliphatic heterocycles. The summed E-state index contributed by atoms with van der Waals surface area (Å²) in [5.74, 6) is -3.36. The lowest BCUT2D eigenvalue weighted by Gasteiger charge is -2.17. The molecule has 1 aliphatic rings. The van der Waals surface area contributed by atoms with Gasteiger partial charge in [0.15, 0.2) is 5.82 Å². The maximum Gasteiger partial charge on any atom is 0.407 e. The van der Waals surface area contributed by atoms with Crippen molar-refractivity contribution in [2.75, 3.05) is 11.9 Å². The minimum absolute atomic E-state index is 0.0868. The number of hydrogen-bond acceptors (Lipinski definition) is 4. The number of nitrogens with one attached hydrogen (secondary N) is 2. The molecule has 0 fully saturated rings. The van der Waals surface area contributed by atoms with Crippen molar-refractivity contribution in [1.82, 2.24) is 5.32 Å². The Balaban J connectivity index is 1.37. The highest BCUT2D eigenvalue weighted by atomic mass is 19.1. The summed E-state index contributed by atoms with van der Waals surface area (Å²) >= 11 is 0. The second-order valence-electron chi connectivity index (χ2n) is 7.65. The normalized spacial score (nSPS) is 12.9. The van der Waals surface area contributed by atoms with Gasteiger partial charge in [0.25, 0.3) is 0 Å². The quantitative estimate of drug-likeness (QED) is 0.519. The van der Waals surface area contributed by atoms with E-state index >= 15 is 0 Å². The number of ether oxygens (including phenoxy) is 1. The molecule has 2 amide bonds. The Hall–Kier alpha value is -4.20. The van der Waals surface area contributed by atoms with Gasteiger partial charge in [-0.2, -0.15) is 0 Å². The minimum atomic E-state index is -1.45. The van der Waals surface area contributed by atoms with Crippen molar-refractivity contribution in [3.05, 3.63) is 89.2 Å². The fourth-order valence-corrected chi connectivity index (χ4v) is 3.92. The fourth-order valence-electron chi connectivity index (χ4n) is 3.92. The molecule has 4 rings (SSSR count). The maximum atomic E-state index is 14.2. The number of aromatic carboxylic acids is 1. The molecule has 0 unspecified atom stereocenters. The Kier molecular flexibility index (Phi) is 6.08. The Morgan fingerprint density at radius 2 is 1.58 bits per heavy atom.